The molecule has 0 amide bonds. The number of ketones is 1. The summed E-state index contributed by atoms with van der Waals surface area (Å²) in [6.45, 7) is 0. The van der Waals surface area contributed by atoms with Crippen LogP contribution in [-0.2, 0) is 14.3 Å². The average molecular weight is 192 g/mol. The van der Waals surface area contributed by atoms with E-state index in [-0.39, 0.29) is 5.78 Å². The summed E-state index contributed by atoms with van der Waals surface area (Å²) < 4.78 is 5.18. The van der Waals surface area contributed by atoms with Crippen LogP contribution in [0, 0.1) is 0 Å². The van der Waals surface area contributed by atoms with Crippen molar-refractivity contribution in [3.63, 3.8) is 0 Å². The number of carbonyl (C=O) groups excluding carboxylic acids is 2. The Bertz CT molecular complexity index is 327. The number of hydrogen-bond donors (Lipinski definition) is 0. The lowest BCUT2D eigenvalue weighted by Crippen LogP contribution is -2.44. The van der Waals surface area contributed by atoms with Crippen molar-refractivity contribution in [2.75, 3.05) is 0 Å². The average Bonchev–Trinajstić information content (AvgIpc) is 2.39. The van der Waals surface area contributed by atoms with Gasteiger partial charge in [0, 0.05) is 12.5 Å². The summed E-state index contributed by atoms with van der Waals surface area (Å²) in [6, 6.07) is 0. The second-order valence-corrected chi connectivity index (χ2v) is 3.68. The van der Waals surface area contributed by atoms with Crippen LogP contribution in [-0.4, -0.2) is 17.4 Å². The van der Waals surface area contributed by atoms with Crippen molar-refractivity contribution in [1.29, 1.82) is 0 Å². The van der Waals surface area contributed by atoms with Gasteiger partial charge in [-0.1, -0.05) is 12.2 Å². The van der Waals surface area contributed by atoms with Crippen LogP contribution < -0.4 is 0 Å². The second kappa shape index (κ2) is 3.40. The molecule has 14 heavy (non-hydrogen) atoms. The molecule has 0 radical (unpaired) electrons. The number of allylic oxidation sites excluding steroid dienone is 1. The Morgan fingerprint density at radius 1 is 1.21 bits per heavy atom. The normalized spacial score (nSPS) is 31.7. The standard InChI is InChI=1S/C11H12O3/c12-9-5-6-10(13)14-11(9)7-3-1-2-4-8-11/h1,3,5-6H,2,4,7-8H2. The first-order chi connectivity index (χ1) is 6.73. The number of ether oxygens (including phenoxy) is 1. The van der Waals surface area contributed by atoms with Crippen LogP contribution in [0.15, 0.2) is 24.3 Å². The molecule has 1 spiro atoms. The van der Waals surface area contributed by atoms with Gasteiger partial charge in [-0.25, -0.2) is 4.79 Å². The highest BCUT2D eigenvalue weighted by Crippen LogP contribution is 2.31. The summed E-state index contributed by atoms with van der Waals surface area (Å²) in [5.74, 6) is -0.483. The highest BCUT2D eigenvalue weighted by molar-refractivity contribution is 6.05. The quantitative estimate of drug-likeness (QED) is 0.432. The number of esters is 1. The molecule has 1 unspecified atom stereocenters. The molecule has 0 aromatic carbocycles. The Morgan fingerprint density at radius 3 is 2.93 bits per heavy atom. The number of carbonyl (C=O) groups is 2. The zero-order chi connectivity index (χ0) is 10.0. The Labute approximate surface area is 82.4 Å². The fourth-order valence-corrected chi connectivity index (χ4v) is 1.89. The highest BCUT2D eigenvalue weighted by Gasteiger charge is 2.41. The first-order valence-corrected chi connectivity index (χ1v) is 4.83. The largest absolute Gasteiger partial charge is 0.447 e. The monoisotopic (exact) mass is 192 g/mol. The van der Waals surface area contributed by atoms with Crippen molar-refractivity contribution in [1.82, 2.24) is 0 Å². The van der Waals surface area contributed by atoms with Gasteiger partial charge in [-0.2, -0.15) is 0 Å². The van der Waals surface area contributed by atoms with E-state index in [0.717, 1.165) is 12.8 Å². The number of rotatable bonds is 0. The minimum Gasteiger partial charge on any atom is -0.447 e. The van der Waals surface area contributed by atoms with Crippen molar-refractivity contribution >= 4 is 11.8 Å². The summed E-state index contributed by atoms with van der Waals surface area (Å²) in [4.78, 5) is 22.8. The van der Waals surface area contributed by atoms with Crippen LogP contribution >= 0.6 is 0 Å². The van der Waals surface area contributed by atoms with E-state index in [2.05, 4.69) is 0 Å². The SMILES string of the molecule is O=C1C=CC(=O)C2(CC=CCCC2)O1. The summed E-state index contributed by atoms with van der Waals surface area (Å²) in [6.07, 6.45) is 9.50. The Morgan fingerprint density at radius 2 is 2.07 bits per heavy atom. The van der Waals surface area contributed by atoms with E-state index in [0.29, 0.717) is 12.8 Å². The zero-order valence-electron chi connectivity index (χ0n) is 7.86. The third kappa shape index (κ3) is 1.50. The molecule has 1 atom stereocenters. The van der Waals surface area contributed by atoms with Crippen molar-refractivity contribution < 1.29 is 14.3 Å². The molecule has 0 bridgehead atoms. The van der Waals surface area contributed by atoms with E-state index in [1.54, 1.807) is 0 Å². The Hall–Kier alpha value is -1.38. The molecule has 0 saturated carbocycles. The fourth-order valence-electron chi connectivity index (χ4n) is 1.89. The van der Waals surface area contributed by atoms with E-state index in [9.17, 15) is 9.59 Å². The maximum atomic E-state index is 11.7. The third-order valence-corrected chi connectivity index (χ3v) is 2.68. The molecule has 2 rings (SSSR count). The predicted octanol–water partition coefficient (Wildman–Crippen LogP) is 1.54. The van der Waals surface area contributed by atoms with Crippen LogP contribution in [0.4, 0.5) is 0 Å². The van der Waals surface area contributed by atoms with E-state index in [1.807, 2.05) is 12.2 Å². The predicted molar refractivity (Wildman–Crippen MR) is 50.6 cm³/mol. The van der Waals surface area contributed by atoms with Crippen LogP contribution in [0.5, 0.6) is 0 Å². The Balaban J connectivity index is 2.28. The highest BCUT2D eigenvalue weighted by atomic mass is 16.6. The van der Waals surface area contributed by atoms with Crippen LogP contribution in [0.25, 0.3) is 0 Å². The molecule has 0 fully saturated rings. The molecule has 0 N–H and O–H groups in total. The lowest BCUT2D eigenvalue weighted by atomic mass is 9.88. The minimum atomic E-state index is -0.890. The second-order valence-electron chi connectivity index (χ2n) is 3.68. The van der Waals surface area contributed by atoms with Crippen molar-refractivity contribution in [2.45, 2.75) is 31.3 Å². The first kappa shape index (κ1) is 9.19. The van der Waals surface area contributed by atoms with Gasteiger partial charge in [0.1, 0.15) is 0 Å². The van der Waals surface area contributed by atoms with E-state index in [1.165, 1.54) is 12.2 Å². The molecule has 2 aliphatic rings. The van der Waals surface area contributed by atoms with E-state index in [4.69, 9.17) is 4.74 Å². The first-order valence-electron chi connectivity index (χ1n) is 4.83. The lowest BCUT2D eigenvalue weighted by Gasteiger charge is -2.31. The van der Waals surface area contributed by atoms with Gasteiger partial charge >= 0.3 is 5.97 Å². The van der Waals surface area contributed by atoms with Crippen LogP contribution in [0.3, 0.4) is 0 Å². The molecular formula is C11H12O3. The van der Waals surface area contributed by atoms with Gasteiger partial charge < -0.3 is 4.74 Å². The van der Waals surface area contributed by atoms with Gasteiger partial charge in [0.05, 0.1) is 0 Å². The minimum absolute atomic E-state index is 0.0800. The summed E-state index contributed by atoms with van der Waals surface area (Å²) in [7, 11) is 0. The zero-order valence-corrected chi connectivity index (χ0v) is 7.86. The molecule has 3 nitrogen and oxygen atoms in total. The van der Waals surface area contributed by atoms with Gasteiger partial charge in [0.2, 0.25) is 0 Å². The summed E-state index contributed by atoms with van der Waals surface area (Å²) in [5, 5.41) is 0. The van der Waals surface area contributed by atoms with Gasteiger partial charge in [0.15, 0.2) is 11.4 Å². The van der Waals surface area contributed by atoms with Crippen molar-refractivity contribution in [2.24, 2.45) is 0 Å². The molecule has 0 aromatic heterocycles. The Kier molecular flexibility index (Phi) is 2.23. The third-order valence-electron chi connectivity index (χ3n) is 2.68. The van der Waals surface area contributed by atoms with Gasteiger partial charge in [-0.15, -0.1) is 0 Å². The molecule has 0 aromatic rings. The molecular weight excluding hydrogens is 180 g/mol. The molecule has 1 aliphatic heterocycles. The molecule has 1 aliphatic carbocycles. The van der Waals surface area contributed by atoms with Gasteiger partial charge in [-0.3, -0.25) is 4.79 Å². The fraction of sp³-hybridized carbons (Fsp3) is 0.455. The molecule has 1 heterocycles. The number of hydrogen-bond acceptors (Lipinski definition) is 3. The van der Waals surface area contributed by atoms with Gasteiger partial charge in [0.25, 0.3) is 0 Å². The maximum absolute atomic E-state index is 11.7. The molecule has 74 valence electrons. The van der Waals surface area contributed by atoms with Crippen LogP contribution in [0.2, 0.25) is 0 Å². The maximum Gasteiger partial charge on any atom is 0.331 e. The van der Waals surface area contributed by atoms with Crippen LogP contribution in [0.1, 0.15) is 25.7 Å². The molecule has 0 saturated heterocycles. The summed E-state index contributed by atoms with van der Waals surface area (Å²) in [5.41, 5.74) is -0.890. The summed E-state index contributed by atoms with van der Waals surface area (Å²) >= 11 is 0. The van der Waals surface area contributed by atoms with E-state index < -0.39 is 11.6 Å². The topological polar surface area (TPSA) is 43.4 Å². The van der Waals surface area contributed by atoms with E-state index >= 15 is 0 Å². The van der Waals surface area contributed by atoms with Crippen molar-refractivity contribution in [3.05, 3.63) is 24.3 Å². The smallest absolute Gasteiger partial charge is 0.331 e. The molecule has 3 heteroatoms. The lowest BCUT2D eigenvalue weighted by molar-refractivity contribution is -0.163. The van der Waals surface area contributed by atoms with Crippen molar-refractivity contribution in [3.8, 4) is 0 Å². The van der Waals surface area contributed by atoms with Gasteiger partial charge in [-0.05, 0) is 25.3 Å².